The highest BCUT2D eigenvalue weighted by Gasteiger charge is 2.16. The first kappa shape index (κ1) is 18.7. The third-order valence-electron chi connectivity index (χ3n) is 3.41. The van der Waals surface area contributed by atoms with Crippen LogP contribution in [0.5, 0.6) is 0 Å². The van der Waals surface area contributed by atoms with E-state index < -0.39 is 18.0 Å². The van der Waals surface area contributed by atoms with Gasteiger partial charge < -0.3 is 15.2 Å². The molecule has 5 nitrogen and oxygen atoms in total. The summed E-state index contributed by atoms with van der Waals surface area (Å²) in [4.78, 5) is 22.6. The zero-order valence-electron chi connectivity index (χ0n) is 13.6. The van der Waals surface area contributed by atoms with E-state index in [-0.39, 0.29) is 6.61 Å². The number of aliphatic carboxylic acids is 1. The Hall–Kier alpha value is -2.30. The van der Waals surface area contributed by atoms with E-state index in [1.54, 1.807) is 0 Å². The smallest absolute Gasteiger partial charge is 0.407 e. The van der Waals surface area contributed by atoms with Crippen molar-refractivity contribution in [1.82, 2.24) is 5.32 Å². The van der Waals surface area contributed by atoms with Gasteiger partial charge >= 0.3 is 12.1 Å². The van der Waals surface area contributed by atoms with Gasteiger partial charge in [-0.1, -0.05) is 42.3 Å². The Bertz CT molecular complexity index is 513. The van der Waals surface area contributed by atoms with Gasteiger partial charge in [0.15, 0.2) is 0 Å². The maximum absolute atomic E-state index is 11.5. The van der Waals surface area contributed by atoms with Crippen molar-refractivity contribution in [3.05, 3.63) is 48.0 Å². The molecule has 0 aliphatic carbocycles. The maximum atomic E-state index is 11.5. The molecule has 0 saturated heterocycles. The summed E-state index contributed by atoms with van der Waals surface area (Å²) in [5.74, 6) is -1.18. The van der Waals surface area contributed by atoms with E-state index >= 15 is 0 Å². The Labute approximate surface area is 137 Å². The number of rotatable bonds is 10. The Kier molecular flexibility index (Phi) is 8.50. The molecular formula is C18H25NO4. The maximum Gasteiger partial charge on any atom is 0.407 e. The van der Waals surface area contributed by atoms with Crippen LogP contribution in [0.3, 0.4) is 0 Å². The number of hydrogen-bond acceptors (Lipinski definition) is 3. The van der Waals surface area contributed by atoms with Crippen LogP contribution in [0.4, 0.5) is 4.79 Å². The average Bonchev–Trinajstić information content (AvgIpc) is 2.52. The molecule has 0 aliphatic heterocycles. The van der Waals surface area contributed by atoms with Crippen molar-refractivity contribution in [2.45, 2.75) is 39.2 Å². The lowest BCUT2D eigenvalue weighted by molar-refractivity contribution is -0.142. The van der Waals surface area contributed by atoms with Crippen LogP contribution in [0, 0.1) is 5.92 Å². The number of allylic oxidation sites excluding steroid dienone is 1. The summed E-state index contributed by atoms with van der Waals surface area (Å²) in [5, 5.41) is 11.8. The number of carboxylic acids is 1. The van der Waals surface area contributed by atoms with Crippen molar-refractivity contribution in [3.63, 3.8) is 0 Å². The van der Waals surface area contributed by atoms with E-state index in [1.807, 2.05) is 37.3 Å². The molecule has 23 heavy (non-hydrogen) atoms. The minimum Gasteiger partial charge on any atom is -0.481 e. The van der Waals surface area contributed by atoms with Crippen LogP contribution >= 0.6 is 0 Å². The Morgan fingerprint density at radius 1 is 1.26 bits per heavy atom. The molecule has 0 spiro atoms. The zero-order valence-corrected chi connectivity index (χ0v) is 13.6. The highest BCUT2D eigenvalue weighted by molar-refractivity contribution is 5.70. The van der Waals surface area contributed by atoms with Crippen molar-refractivity contribution in [2.24, 2.45) is 5.92 Å². The summed E-state index contributed by atoms with van der Waals surface area (Å²) in [5.41, 5.74) is 1.81. The molecule has 1 amide bonds. The summed E-state index contributed by atoms with van der Waals surface area (Å²) < 4.78 is 5.09. The third kappa shape index (κ3) is 8.66. The molecule has 2 N–H and O–H groups in total. The number of unbranched alkanes of at least 4 members (excludes halogenated alkanes) is 1. The lowest BCUT2D eigenvalue weighted by Gasteiger charge is -2.12. The number of nitrogens with one attached hydrogen (secondary N) is 1. The number of ether oxygens (including phenoxy) is 1. The Balaban J connectivity index is 2.12. The summed E-state index contributed by atoms with van der Waals surface area (Å²) in [7, 11) is 0. The van der Waals surface area contributed by atoms with Crippen molar-refractivity contribution >= 4 is 12.1 Å². The van der Waals surface area contributed by atoms with Gasteiger partial charge in [-0.2, -0.15) is 0 Å². The SMILES string of the molecule is C=C(C)C[C@@H](CCCCNC(=O)OCc1ccccc1)C(=O)O. The minimum atomic E-state index is -0.789. The number of carboxylic acid groups (broad SMARTS) is 1. The fourth-order valence-electron chi connectivity index (χ4n) is 2.21. The van der Waals surface area contributed by atoms with E-state index in [4.69, 9.17) is 9.84 Å². The fourth-order valence-corrected chi connectivity index (χ4v) is 2.21. The van der Waals surface area contributed by atoms with Crippen LogP contribution in [0.2, 0.25) is 0 Å². The molecule has 1 aromatic rings. The topological polar surface area (TPSA) is 75.6 Å². The van der Waals surface area contributed by atoms with E-state index in [0.29, 0.717) is 19.4 Å². The largest absolute Gasteiger partial charge is 0.481 e. The molecular weight excluding hydrogens is 294 g/mol. The molecule has 1 aromatic carbocycles. The standard InChI is InChI=1S/C18H25NO4/c1-14(2)12-16(17(20)21)10-6-7-11-19-18(22)23-13-15-8-4-3-5-9-15/h3-5,8-9,16H,1,6-7,10-13H2,2H3,(H,19,22)(H,20,21)/t16-/m1/s1. The molecule has 0 heterocycles. The summed E-state index contributed by atoms with van der Waals surface area (Å²) in [6.45, 7) is 6.31. The van der Waals surface area contributed by atoms with Crippen LogP contribution in [0.15, 0.2) is 42.5 Å². The van der Waals surface area contributed by atoms with Crippen LogP contribution < -0.4 is 5.32 Å². The van der Waals surface area contributed by atoms with Crippen molar-refractivity contribution in [2.75, 3.05) is 6.54 Å². The Morgan fingerprint density at radius 3 is 2.57 bits per heavy atom. The molecule has 126 valence electrons. The van der Waals surface area contributed by atoms with Gasteiger partial charge in [-0.3, -0.25) is 4.79 Å². The van der Waals surface area contributed by atoms with E-state index in [9.17, 15) is 9.59 Å². The highest BCUT2D eigenvalue weighted by atomic mass is 16.5. The number of alkyl carbamates (subject to hydrolysis) is 1. The van der Waals surface area contributed by atoms with Gasteiger partial charge in [0, 0.05) is 6.54 Å². The van der Waals surface area contributed by atoms with Crippen LogP contribution in [0.1, 0.15) is 38.2 Å². The molecule has 1 rings (SSSR count). The molecule has 0 radical (unpaired) electrons. The monoisotopic (exact) mass is 319 g/mol. The summed E-state index contributed by atoms with van der Waals surface area (Å²) >= 11 is 0. The second-order valence-electron chi connectivity index (χ2n) is 5.68. The fraction of sp³-hybridized carbons (Fsp3) is 0.444. The normalized spacial score (nSPS) is 11.5. The number of amides is 1. The summed E-state index contributed by atoms with van der Waals surface area (Å²) in [6.07, 6.45) is 2.10. The van der Waals surface area contributed by atoms with Crippen LogP contribution in [-0.4, -0.2) is 23.7 Å². The zero-order chi connectivity index (χ0) is 17.1. The predicted molar refractivity (Wildman–Crippen MR) is 89.0 cm³/mol. The van der Waals surface area contributed by atoms with Crippen molar-refractivity contribution < 1.29 is 19.4 Å². The van der Waals surface area contributed by atoms with Crippen molar-refractivity contribution in [1.29, 1.82) is 0 Å². The van der Waals surface area contributed by atoms with Gasteiger partial charge in [-0.05, 0) is 31.7 Å². The molecule has 0 fully saturated rings. The minimum absolute atomic E-state index is 0.242. The number of benzene rings is 1. The number of hydrogen-bond donors (Lipinski definition) is 2. The number of carbonyl (C=O) groups is 2. The van der Waals surface area contributed by atoms with E-state index in [2.05, 4.69) is 11.9 Å². The van der Waals surface area contributed by atoms with Crippen LogP contribution in [0.25, 0.3) is 0 Å². The van der Waals surface area contributed by atoms with Gasteiger partial charge in [-0.15, -0.1) is 6.58 Å². The van der Waals surface area contributed by atoms with Crippen LogP contribution in [-0.2, 0) is 16.1 Å². The van der Waals surface area contributed by atoms with E-state index in [1.165, 1.54) is 0 Å². The van der Waals surface area contributed by atoms with Gasteiger partial charge in [0.25, 0.3) is 0 Å². The predicted octanol–water partition coefficient (Wildman–Crippen LogP) is 3.75. The Morgan fingerprint density at radius 2 is 1.96 bits per heavy atom. The highest BCUT2D eigenvalue weighted by Crippen LogP contribution is 2.17. The molecule has 0 unspecified atom stereocenters. The third-order valence-corrected chi connectivity index (χ3v) is 3.41. The second kappa shape index (κ2) is 10.4. The number of carbonyl (C=O) groups excluding carboxylic acids is 1. The van der Waals surface area contributed by atoms with Gasteiger partial charge in [-0.25, -0.2) is 4.79 Å². The molecule has 1 atom stereocenters. The quantitative estimate of drug-likeness (QED) is 0.509. The molecule has 0 saturated carbocycles. The average molecular weight is 319 g/mol. The van der Waals surface area contributed by atoms with Gasteiger partial charge in [0.05, 0.1) is 5.92 Å². The first-order valence-electron chi connectivity index (χ1n) is 7.80. The molecule has 5 heteroatoms. The molecule has 0 aromatic heterocycles. The lowest BCUT2D eigenvalue weighted by atomic mass is 9.95. The first-order chi connectivity index (χ1) is 11.0. The van der Waals surface area contributed by atoms with Crippen molar-refractivity contribution in [3.8, 4) is 0 Å². The molecule has 0 aliphatic rings. The first-order valence-corrected chi connectivity index (χ1v) is 7.80. The van der Waals surface area contributed by atoms with Gasteiger partial charge in [0.1, 0.15) is 6.61 Å². The lowest BCUT2D eigenvalue weighted by Crippen LogP contribution is -2.25. The van der Waals surface area contributed by atoms with E-state index in [0.717, 1.165) is 24.0 Å². The second-order valence-corrected chi connectivity index (χ2v) is 5.68. The molecule has 0 bridgehead atoms. The summed E-state index contributed by atoms with van der Waals surface area (Å²) in [6, 6.07) is 9.46. The van der Waals surface area contributed by atoms with Gasteiger partial charge in [0.2, 0.25) is 0 Å².